The van der Waals surface area contributed by atoms with E-state index < -0.39 is 0 Å². The Balaban J connectivity index is 2.64. The predicted molar refractivity (Wildman–Crippen MR) is 92.2 cm³/mol. The number of aryl methyl sites for hydroxylation is 2. The fourth-order valence-corrected chi connectivity index (χ4v) is 3.26. The number of rotatable bonds is 0. The Labute approximate surface area is 127 Å². The lowest BCUT2D eigenvalue weighted by Crippen LogP contribution is -2.13. The van der Waals surface area contributed by atoms with Gasteiger partial charge >= 0.3 is 0 Å². The highest BCUT2D eigenvalue weighted by Gasteiger charge is 2.22. The third kappa shape index (κ3) is 2.12. The molecule has 108 valence electrons. The van der Waals surface area contributed by atoms with Crippen LogP contribution in [0.2, 0.25) is 0 Å². The molecule has 3 aromatic rings. The van der Waals surface area contributed by atoms with E-state index in [0.717, 1.165) is 11.0 Å². The van der Waals surface area contributed by atoms with E-state index in [0.29, 0.717) is 0 Å². The minimum absolute atomic E-state index is 0.0922. The molecule has 0 unspecified atom stereocenters. The smallest absolute Gasteiger partial charge is 0.0744 e. The summed E-state index contributed by atoms with van der Waals surface area (Å²) in [6.45, 7) is 13.5. The van der Waals surface area contributed by atoms with Crippen LogP contribution in [-0.2, 0) is 5.41 Å². The molecule has 0 bridgehead atoms. The first kappa shape index (κ1) is 14.1. The van der Waals surface area contributed by atoms with Crippen LogP contribution in [0.25, 0.3) is 21.8 Å². The van der Waals surface area contributed by atoms with E-state index in [-0.39, 0.29) is 5.41 Å². The van der Waals surface area contributed by atoms with E-state index in [9.17, 15) is 0 Å². The van der Waals surface area contributed by atoms with Crippen LogP contribution in [-0.4, -0.2) is 4.98 Å². The summed E-state index contributed by atoms with van der Waals surface area (Å²) in [5.74, 6) is 0. The lowest BCUT2D eigenvalue weighted by molar-refractivity contribution is 0.601. The Hall–Kier alpha value is -1.89. The number of nitrogens with zero attached hydrogens (tertiary/aromatic N) is 1. The van der Waals surface area contributed by atoms with Crippen molar-refractivity contribution in [2.75, 3.05) is 0 Å². The maximum absolute atomic E-state index is 4.95. The Morgan fingerprint density at radius 2 is 1.52 bits per heavy atom. The van der Waals surface area contributed by atoms with Gasteiger partial charge in [-0.1, -0.05) is 39.0 Å². The highest BCUT2D eigenvalue weighted by molar-refractivity contribution is 6.00. The van der Waals surface area contributed by atoms with Crippen LogP contribution in [0, 0.1) is 20.8 Å². The first-order valence-corrected chi connectivity index (χ1v) is 7.60. The van der Waals surface area contributed by atoms with E-state index in [2.05, 4.69) is 71.9 Å². The number of para-hydroxylation sites is 1. The monoisotopic (exact) mass is 277 g/mol. The molecule has 1 heteroatoms. The second-order valence-electron chi connectivity index (χ2n) is 7.09. The average Bonchev–Trinajstić information content (AvgIpc) is 2.42. The van der Waals surface area contributed by atoms with Gasteiger partial charge in [0.25, 0.3) is 0 Å². The van der Waals surface area contributed by atoms with Crippen molar-refractivity contribution in [3.05, 3.63) is 52.6 Å². The second kappa shape index (κ2) is 4.56. The molecule has 0 aliphatic heterocycles. The van der Waals surface area contributed by atoms with Gasteiger partial charge < -0.3 is 0 Å². The van der Waals surface area contributed by atoms with Crippen molar-refractivity contribution in [3.8, 4) is 0 Å². The highest BCUT2D eigenvalue weighted by Crippen LogP contribution is 2.37. The Morgan fingerprint density at radius 3 is 2.19 bits per heavy atom. The fourth-order valence-electron chi connectivity index (χ4n) is 3.26. The lowest BCUT2D eigenvalue weighted by atomic mass is 9.81. The topological polar surface area (TPSA) is 12.9 Å². The molecule has 0 atom stereocenters. The maximum atomic E-state index is 4.95. The molecule has 21 heavy (non-hydrogen) atoms. The Kier molecular flexibility index (Phi) is 3.05. The summed E-state index contributed by atoms with van der Waals surface area (Å²) in [7, 11) is 0. The zero-order valence-electron chi connectivity index (χ0n) is 13.8. The van der Waals surface area contributed by atoms with Crippen LogP contribution < -0.4 is 0 Å². The SMILES string of the molecule is Cc1cc2c(C(C)(C)C)c3ccccc3nc2c(C)c1C. The summed E-state index contributed by atoms with van der Waals surface area (Å²) in [5, 5.41) is 2.59. The van der Waals surface area contributed by atoms with Crippen molar-refractivity contribution < 1.29 is 0 Å². The molecule has 3 rings (SSSR count). The van der Waals surface area contributed by atoms with Crippen LogP contribution in [0.1, 0.15) is 43.0 Å². The molecule has 0 fully saturated rings. The van der Waals surface area contributed by atoms with Gasteiger partial charge in [0.2, 0.25) is 0 Å². The molecular weight excluding hydrogens is 254 g/mol. The van der Waals surface area contributed by atoms with E-state index in [1.807, 2.05) is 0 Å². The van der Waals surface area contributed by atoms with Gasteiger partial charge in [0.05, 0.1) is 11.0 Å². The number of fused-ring (bicyclic) bond motifs is 2. The van der Waals surface area contributed by atoms with Gasteiger partial charge in [0.1, 0.15) is 0 Å². The first-order valence-electron chi connectivity index (χ1n) is 7.60. The maximum Gasteiger partial charge on any atom is 0.0744 e. The molecule has 2 aromatic carbocycles. The first-order chi connectivity index (χ1) is 9.80. The zero-order valence-corrected chi connectivity index (χ0v) is 13.8. The molecule has 1 heterocycles. The molecule has 1 aromatic heterocycles. The normalized spacial score (nSPS) is 12.3. The van der Waals surface area contributed by atoms with Crippen LogP contribution >= 0.6 is 0 Å². The van der Waals surface area contributed by atoms with Crippen molar-refractivity contribution in [1.29, 1.82) is 0 Å². The molecule has 0 spiro atoms. The minimum atomic E-state index is 0.0922. The van der Waals surface area contributed by atoms with Crippen LogP contribution in [0.3, 0.4) is 0 Å². The van der Waals surface area contributed by atoms with Gasteiger partial charge in [-0.15, -0.1) is 0 Å². The van der Waals surface area contributed by atoms with Crippen molar-refractivity contribution >= 4 is 21.8 Å². The third-order valence-electron chi connectivity index (χ3n) is 4.55. The molecule has 0 N–H and O–H groups in total. The van der Waals surface area contributed by atoms with Gasteiger partial charge in [0.15, 0.2) is 0 Å². The fraction of sp³-hybridized carbons (Fsp3) is 0.350. The van der Waals surface area contributed by atoms with Gasteiger partial charge in [-0.05, 0) is 60.6 Å². The molecule has 0 radical (unpaired) electrons. The number of hydrogen-bond donors (Lipinski definition) is 0. The van der Waals surface area contributed by atoms with E-state index in [4.69, 9.17) is 4.98 Å². The Bertz CT molecular complexity index is 851. The third-order valence-corrected chi connectivity index (χ3v) is 4.55. The summed E-state index contributed by atoms with van der Waals surface area (Å²) < 4.78 is 0. The molecule has 1 nitrogen and oxygen atoms in total. The minimum Gasteiger partial charge on any atom is -0.247 e. The summed E-state index contributed by atoms with van der Waals surface area (Å²) in [5.41, 5.74) is 7.76. The summed E-state index contributed by atoms with van der Waals surface area (Å²) >= 11 is 0. The average molecular weight is 277 g/mol. The lowest BCUT2D eigenvalue weighted by Gasteiger charge is -2.25. The number of aromatic nitrogens is 1. The number of hydrogen-bond acceptors (Lipinski definition) is 1. The summed E-state index contributed by atoms with van der Waals surface area (Å²) in [6.07, 6.45) is 0. The van der Waals surface area contributed by atoms with Crippen molar-refractivity contribution in [3.63, 3.8) is 0 Å². The standard InChI is InChI=1S/C20H23N/c1-12-11-16-18(20(4,5)6)15-9-7-8-10-17(15)21-19(16)14(3)13(12)2/h7-11H,1-6H3. The van der Waals surface area contributed by atoms with Crippen molar-refractivity contribution in [1.82, 2.24) is 4.98 Å². The van der Waals surface area contributed by atoms with Gasteiger partial charge in [-0.2, -0.15) is 0 Å². The van der Waals surface area contributed by atoms with Gasteiger partial charge in [-0.25, -0.2) is 4.98 Å². The van der Waals surface area contributed by atoms with E-state index in [1.54, 1.807) is 0 Å². The molecular formula is C20H23N. The molecule has 0 amide bonds. The molecule has 0 aliphatic rings. The largest absolute Gasteiger partial charge is 0.247 e. The number of benzene rings is 2. The van der Waals surface area contributed by atoms with E-state index in [1.165, 1.54) is 33.0 Å². The van der Waals surface area contributed by atoms with Crippen LogP contribution in [0.15, 0.2) is 30.3 Å². The number of pyridine rings is 1. The summed E-state index contributed by atoms with van der Waals surface area (Å²) in [4.78, 5) is 4.95. The summed E-state index contributed by atoms with van der Waals surface area (Å²) in [6, 6.07) is 10.8. The van der Waals surface area contributed by atoms with Crippen LogP contribution in [0.4, 0.5) is 0 Å². The predicted octanol–water partition coefficient (Wildman–Crippen LogP) is 5.61. The molecule has 0 aliphatic carbocycles. The van der Waals surface area contributed by atoms with Crippen molar-refractivity contribution in [2.24, 2.45) is 0 Å². The quantitative estimate of drug-likeness (QED) is 0.487. The van der Waals surface area contributed by atoms with E-state index >= 15 is 0 Å². The van der Waals surface area contributed by atoms with Gasteiger partial charge in [0, 0.05) is 10.8 Å². The highest BCUT2D eigenvalue weighted by atomic mass is 14.7. The van der Waals surface area contributed by atoms with Gasteiger partial charge in [-0.3, -0.25) is 0 Å². The van der Waals surface area contributed by atoms with Crippen LogP contribution in [0.5, 0.6) is 0 Å². The zero-order chi connectivity index (χ0) is 15.4. The second-order valence-corrected chi connectivity index (χ2v) is 7.09. The Morgan fingerprint density at radius 1 is 0.857 bits per heavy atom. The van der Waals surface area contributed by atoms with Crippen molar-refractivity contribution in [2.45, 2.75) is 47.0 Å². The molecule has 0 saturated carbocycles. The molecule has 0 saturated heterocycles.